The Morgan fingerprint density at radius 3 is 1.53 bits per heavy atom. The van der Waals surface area contributed by atoms with Crippen LogP contribution in [0.3, 0.4) is 0 Å². The van der Waals surface area contributed by atoms with Gasteiger partial charge in [-0.3, -0.25) is 54.4 Å². The van der Waals surface area contributed by atoms with Crippen molar-refractivity contribution in [3.05, 3.63) is 154 Å². The zero-order valence-electron chi connectivity index (χ0n) is 62.3. The number of hydrogen-bond donors (Lipinski definition) is 4. The standard InChI is InChI=1S/C17H17NO2.C13H11N.C11H18N2O4.C10H19NO3.C9H16N2.C9H15NO2.C6H11BrO.C6H12O2/c1-2-20-16(19)13-18-17(14-9-5-3-6-10-14)15-11-7-4-8-12-15;14-13(11-7-3-1-4-8-11)12-9-5-2-6-10-12;1-2-17-10(14)11(4-6-13(15)16)7-9-3-5-12(11)8-9;1-2-14-10(12)9(11)7-8-3-5-13-6-4-8;1-4-11-6-8(1)5-9(11)2-3-10-7-9;1-2-12-9(11)8-5-7-3-4-10(8)6-7;2*7-5-6-1-3-8-4-2-6/h3-12H,2,13H2,1H3;1-10,14H;9H,2-8H2,1H3;8-9H,2-7,11H2,1H3;8,10H,1-7H2;7-8H,2-6H2,1H3;6H,1-5H2;6-7H,1-5H2. The zero-order chi connectivity index (χ0) is 74.4. The smallest absolute Gasteiger partial charge is 0.327 e. The average Bonchev–Trinajstić information content (AvgIpc) is 1.62. The summed E-state index contributed by atoms with van der Waals surface area (Å²) in [4.78, 5) is 67.8. The molecule has 10 atom stereocenters. The summed E-state index contributed by atoms with van der Waals surface area (Å²) in [6, 6.07) is 38.8. The molecule has 4 aromatic rings. The number of piperidine rings is 3. The second-order valence-electron chi connectivity index (χ2n) is 28.4. The fourth-order valence-corrected chi connectivity index (χ4v) is 16.1. The molecule has 0 radical (unpaired) electrons. The lowest BCUT2D eigenvalue weighted by molar-refractivity contribution is -0.482. The first-order valence-corrected chi connectivity index (χ1v) is 39.4. The van der Waals surface area contributed by atoms with E-state index in [4.69, 9.17) is 49.4 Å². The lowest BCUT2D eigenvalue weighted by Crippen LogP contribution is -2.53. The first-order chi connectivity index (χ1) is 50.6. The number of nitro groups is 1. The first kappa shape index (κ1) is 84.9. The number of nitrogens with zero attached hydrogens (tertiary/aromatic N) is 5. The fourth-order valence-electron chi connectivity index (χ4n) is 15.5. The number of benzene rings is 4. The molecule has 10 saturated heterocycles. The Morgan fingerprint density at radius 2 is 1.13 bits per heavy atom. The number of ether oxygens (including phenoxy) is 7. The van der Waals surface area contributed by atoms with Gasteiger partial charge in [0.1, 0.15) is 24.2 Å². The zero-order valence-corrected chi connectivity index (χ0v) is 63.9. The van der Waals surface area contributed by atoms with Crippen LogP contribution in [-0.2, 0) is 52.3 Å². The molecule has 22 nitrogen and oxygen atoms in total. The highest BCUT2D eigenvalue weighted by Gasteiger charge is 2.56. The van der Waals surface area contributed by atoms with Crippen LogP contribution in [0.25, 0.3) is 0 Å². The van der Waals surface area contributed by atoms with Gasteiger partial charge >= 0.3 is 23.9 Å². The summed E-state index contributed by atoms with van der Waals surface area (Å²) in [6.07, 6.45) is 16.1. The predicted molar refractivity (Wildman–Crippen MR) is 409 cm³/mol. The Labute approximate surface area is 626 Å². The largest absolute Gasteiger partial charge is 0.465 e. The molecule has 4 aromatic carbocycles. The van der Waals surface area contributed by atoms with E-state index in [1.165, 1.54) is 64.7 Å². The van der Waals surface area contributed by atoms with Crippen molar-refractivity contribution in [3.8, 4) is 0 Å². The van der Waals surface area contributed by atoms with E-state index in [0.29, 0.717) is 62.0 Å². The van der Waals surface area contributed by atoms with Crippen molar-refractivity contribution < 1.29 is 62.4 Å². The number of carbonyl (C=O) groups is 4. The van der Waals surface area contributed by atoms with Gasteiger partial charge in [-0.15, -0.1) is 0 Å². The van der Waals surface area contributed by atoms with Crippen molar-refractivity contribution >= 4 is 51.2 Å². The molecule has 0 saturated carbocycles. The number of aliphatic hydroxyl groups excluding tert-OH is 1. The summed E-state index contributed by atoms with van der Waals surface area (Å²) in [7, 11) is 0. The highest BCUT2D eigenvalue weighted by Crippen LogP contribution is 2.45. The molecule has 0 aromatic heterocycles. The van der Waals surface area contributed by atoms with Crippen molar-refractivity contribution in [1.29, 1.82) is 5.41 Å². The minimum absolute atomic E-state index is 0.0142. The van der Waals surface area contributed by atoms with E-state index in [2.05, 4.69) is 40.9 Å². The van der Waals surface area contributed by atoms with Crippen LogP contribution < -0.4 is 11.1 Å². The van der Waals surface area contributed by atoms with E-state index in [1.54, 1.807) is 20.8 Å². The molecule has 14 rings (SSSR count). The molecule has 10 aliphatic rings. The Bertz CT molecular complexity index is 3060. The number of hydrogen-bond acceptors (Lipinski definition) is 21. The molecule has 23 heteroatoms. The Balaban J connectivity index is 0.000000169. The molecule has 6 bridgehead atoms. The minimum atomic E-state index is -0.716. The van der Waals surface area contributed by atoms with Crippen LogP contribution in [0.5, 0.6) is 0 Å². The molecule has 0 amide bonds. The Hall–Kier alpha value is -6.38. The number of esters is 4. The summed E-state index contributed by atoms with van der Waals surface area (Å²) < 4.78 is 35.4. The Morgan fingerprint density at radius 1 is 0.644 bits per heavy atom. The summed E-state index contributed by atoms with van der Waals surface area (Å²) in [5.41, 5.74) is 10.9. The van der Waals surface area contributed by atoms with Gasteiger partial charge in [-0.1, -0.05) is 137 Å². The van der Waals surface area contributed by atoms with Crippen molar-refractivity contribution in [2.45, 2.75) is 147 Å². The monoisotopic (exact) mass is 1510 g/mol. The quantitative estimate of drug-likeness (QED) is 0.0160. The number of alkyl halides is 1. The van der Waals surface area contributed by atoms with Gasteiger partial charge in [-0.05, 0) is 190 Å². The van der Waals surface area contributed by atoms with E-state index < -0.39 is 11.6 Å². The highest BCUT2D eigenvalue weighted by molar-refractivity contribution is 9.09. The van der Waals surface area contributed by atoms with E-state index in [-0.39, 0.29) is 54.4 Å². The van der Waals surface area contributed by atoms with Crippen molar-refractivity contribution in [2.75, 3.05) is 143 Å². The average molecular weight is 1510 g/mol. The van der Waals surface area contributed by atoms with E-state index >= 15 is 0 Å². The Kier molecular flexibility index (Phi) is 38.1. The van der Waals surface area contributed by atoms with Crippen molar-refractivity contribution in [3.63, 3.8) is 0 Å². The lowest BCUT2D eigenvalue weighted by atomic mass is 9.85. The number of aliphatic hydroxyl groups is 1. The van der Waals surface area contributed by atoms with Crippen LogP contribution in [0.1, 0.15) is 146 Å². The molecule has 10 heterocycles. The summed E-state index contributed by atoms with van der Waals surface area (Å²) >= 11 is 3.46. The first-order valence-electron chi connectivity index (χ1n) is 38.3. The van der Waals surface area contributed by atoms with Gasteiger partial charge < -0.3 is 49.3 Å². The van der Waals surface area contributed by atoms with E-state index in [9.17, 15) is 29.3 Å². The van der Waals surface area contributed by atoms with Gasteiger partial charge in [0.15, 0.2) is 0 Å². The second kappa shape index (κ2) is 46.6. The van der Waals surface area contributed by atoms with E-state index in [0.717, 1.165) is 168 Å². The van der Waals surface area contributed by atoms with Crippen LogP contribution in [0.2, 0.25) is 0 Å². The SMILES string of the molecule is BrCC1CCOCC1.C1CC2(CN1)CC1CCN2C1.CCOC(=O)C(N)CC1CCOCC1.CCOC(=O)C1(CC[N+](=O)[O-])CC2CCN1C2.CCOC(=O)C1CC2CCN1C2.CCOC(=O)CN=C(c1ccccc1)c1ccccc1.N=C(c1ccccc1)c1ccccc1.OCC1CCOCC1. The van der Waals surface area contributed by atoms with Crippen LogP contribution in [0.4, 0.5) is 0 Å². The molecule has 574 valence electrons. The van der Waals surface area contributed by atoms with Gasteiger partial charge in [0, 0.05) is 106 Å². The number of fused-ring (bicyclic) bond motifs is 7. The summed E-state index contributed by atoms with van der Waals surface area (Å²) in [5, 5.41) is 31.8. The molecular weight excluding hydrogens is 1390 g/mol. The van der Waals surface area contributed by atoms with Gasteiger partial charge in [-0.2, -0.15) is 0 Å². The third kappa shape index (κ3) is 27.4. The maximum Gasteiger partial charge on any atom is 0.327 e. The molecule has 10 aliphatic heterocycles. The molecule has 1 spiro atoms. The van der Waals surface area contributed by atoms with Crippen molar-refractivity contribution in [1.82, 2.24) is 20.0 Å². The summed E-state index contributed by atoms with van der Waals surface area (Å²) in [6.45, 7) is 23.5. The number of rotatable bonds is 20. The molecule has 0 aliphatic carbocycles. The third-order valence-electron chi connectivity index (χ3n) is 21.2. The third-order valence-corrected chi connectivity index (χ3v) is 22.1. The normalized spacial score (nSPS) is 25.5. The highest BCUT2D eigenvalue weighted by atomic mass is 79.9. The fraction of sp³-hybridized carbons (Fsp3) is 0.630. The second-order valence-corrected chi connectivity index (χ2v) is 29.0. The van der Waals surface area contributed by atoms with Crippen LogP contribution in [0, 0.1) is 51.0 Å². The summed E-state index contributed by atoms with van der Waals surface area (Å²) in [5.74, 6) is 3.36. The molecule has 104 heavy (non-hydrogen) atoms. The van der Waals surface area contributed by atoms with Crippen LogP contribution >= 0.6 is 15.9 Å². The van der Waals surface area contributed by atoms with Gasteiger partial charge in [-0.25, -0.2) is 0 Å². The van der Waals surface area contributed by atoms with Crippen LogP contribution in [-0.4, -0.2) is 227 Å². The molecule has 10 fully saturated rings. The number of carbonyl (C=O) groups excluding carboxylic acids is 4. The maximum absolute atomic E-state index is 12.1. The number of nitrogens with two attached hydrogens (primary N) is 1. The van der Waals surface area contributed by atoms with E-state index in [1.807, 2.05) is 128 Å². The minimum Gasteiger partial charge on any atom is -0.465 e. The maximum atomic E-state index is 12.1. The molecular formula is C81H119BrN8O14. The number of nitrogens with one attached hydrogen (secondary N) is 2. The van der Waals surface area contributed by atoms with Crippen LogP contribution in [0.15, 0.2) is 126 Å². The number of halogens is 1. The van der Waals surface area contributed by atoms with Crippen molar-refractivity contribution in [2.24, 2.45) is 46.2 Å². The van der Waals surface area contributed by atoms with Gasteiger partial charge in [0.2, 0.25) is 6.54 Å². The lowest BCUT2D eigenvalue weighted by Gasteiger charge is -2.36. The van der Waals surface area contributed by atoms with Gasteiger partial charge in [0.25, 0.3) is 0 Å². The van der Waals surface area contributed by atoms with Gasteiger partial charge in [0.05, 0.1) is 37.9 Å². The topological polar surface area (TPSA) is 280 Å². The molecule has 10 unspecified atom stereocenters. The predicted octanol–water partition coefficient (Wildman–Crippen LogP) is 10.9. The molecule has 5 N–H and O–H groups in total. The number of aliphatic imine (C=N–C) groups is 1.